The molecule has 0 heterocycles. The first kappa shape index (κ1) is 11.7. The van der Waals surface area contributed by atoms with E-state index < -0.39 is 0 Å². The lowest BCUT2D eigenvalue weighted by Gasteiger charge is -2.15. The lowest BCUT2D eigenvalue weighted by Crippen LogP contribution is -2.19. The van der Waals surface area contributed by atoms with Crippen LogP contribution in [-0.2, 0) is 18.4 Å². The molecule has 2 N–H and O–H groups in total. The van der Waals surface area contributed by atoms with E-state index in [1.807, 2.05) is 0 Å². The maximum atomic E-state index is 6.24. The van der Waals surface area contributed by atoms with Gasteiger partial charge in [0.25, 0.3) is 0 Å². The molecule has 0 aliphatic heterocycles. The molecule has 1 heteroatoms. The number of rotatable bonds is 4. The highest BCUT2D eigenvalue weighted by Gasteiger charge is 2.40. The van der Waals surface area contributed by atoms with E-state index in [0.29, 0.717) is 0 Å². The molecule has 1 aliphatic rings. The first-order valence-electron chi connectivity index (χ1n) is 6.46. The van der Waals surface area contributed by atoms with Crippen molar-refractivity contribution in [2.75, 3.05) is 0 Å². The van der Waals surface area contributed by atoms with Crippen LogP contribution in [0, 0.1) is 5.92 Å². The Morgan fingerprint density at radius 2 is 1.94 bits per heavy atom. The summed E-state index contributed by atoms with van der Waals surface area (Å²) < 4.78 is 0. The van der Waals surface area contributed by atoms with Crippen LogP contribution in [0.1, 0.15) is 50.3 Å². The zero-order chi connectivity index (χ0) is 11.8. The maximum Gasteiger partial charge on any atom is 0.0411 e. The molecule has 1 nitrogen and oxygen atoms in total. The van der Waals surface area contributed by atoms with Gasteiger partial charge in [0.05, 0.1) is 0 Å². The van der Waals surface area contributed by atoms with Crippen molar-refractivity contribution in [2.24, 2.45) is 11.7 Å². The highest BCUT2D eigenvalue weighted by molar-refractivity contribution is 5.38. The van der Waals surface area contributed by atoms with E-state index in [0.717, 1.165) is 25.2 Å². The first-order chi connectivity index (χ1) is 7.55. The predicted octanol–water partition coefficient (Wildman–Crippen LogP) is 3.40. The molecule has 0 atom stereocenters. The predicted molar refractivity (Wildman–Crippen MR) is 69.5 cm³/mol. The van der Waals surface area contributed by atoms with E-state index in [-0.39, 0.29) is 5.54 Å². The van der Waals surface area contributed by atoms with Gasteiger partial charge in [-0.1, -0.05) is 39.0 Å². The van der Waals surface area contributed by atoms with Crippen molar-refractivity contribution < 1.29 is 0 Å². The summed E-state index contributed by atoms with van der Waals surface area (Å²) in [5.74, 6) is 0.726. The van der Waals surface area contributed by atoms with Crippen molar-refractivity contribution in [1.82, 2.24) is 0 Å². The highest BCUT2D eigenvalue weighted by Crippen LogP contribution is 2.43. The van der Waals surface area contributed by atoms with Gasteiger partial charge in [-0.3, -0.25) is 0 Å². The van der Waals surface area contributed by atoms with Crippen molar-refractivity contribution >= 4 is 0 Å². The fourth-order valence-electron chi connectivity index (χ4n) is 2.33. The summed E-state index contributed by atoms with van der Waals surface area (Å²) in [5.41, 5.74) is 10.6. The third kappa shape index (κ3) is 2.30. The molecule has 0 amide bonds. The average molecular weight is 217 g/mol. The minimum atomic E-state index is 0.0142. The summed E-state index contributed by atoms with van der Waals surface area (Å²) in [5, 5.41) is 0. The van der Waals surface area contributed by atoms with Gasteiger partial charge in [0.2, 0.25) is 0 Å². The Morgan fingerprint density at radius 3 is 2.44 bits per heavy atom. The van der Waals surface area contributed by atoms with Gasteiger partial charge < -0.3 is 5.73 Å². The Hall–Kier alpha value is -0.820. The summed E-state index contributed by atoms with van der Waals surface area (Å²) in [6, 6.07) is 6.87. The number of nitrogens with two attached hydrogens (primary N) is 1. The summed E-state index contributed by atoms with van der Waals surface area (Å²) in [4.78, 5) is 0. The third-order valence-electron chi connectivity index (χ3n) is 3.58. The molecule has 0 saturated heterocycles. The van der Waals surface area contributed by atoms with Gasteiger partial charge in [0.1, 0.15) is 0 Å². The molecule has 0 spiro atoms. The van der Waals surface area contributed by atoms with E-state index in [2.05, 4.69) is 39.0 Å². The van der Waals surface area contributed by atoms with Crippen molar-refractivity contribution in [3.63, 3.8) is 0 Å². The Morgan fingerprint density at radius 1 is 1.25 bits per heavy atom. The second-order valence-corrected chi connectivity index (χ2v) is 5.59. The van der Waals surface area contributed by atoms with Gasteiger partial charge in [0.15, 0.2) is 0 Å². The van der Waals surface area contributed by atoms with Crippen LogP contribution in [0.25, 0.3) is 0 Å². The molecule has 1 fully saturated rings. The average Bonchev–Trinajstić information content (AvgIpc) is 2.97. The lowest BCUT2D eigenvalue weighted by molar-refractivity contribution is 0.641. The second kappa shape index (κ2) is 4.21. The normalized spacial score (nSPS) is 17.8. The van der Waals surface area contributed by atoms with E-state index in [1.165, 1.54) is 23.1 Å². The van der Waals surface area contributed by atoms with Gasteiger partial charge in [-0.2, -0.15) is 0 Å². The minimum Gasteiger partial charge on any atom is -0.321 e. The molecule has 2 rings (SSSR count). The summed E-state index contributed by atoms with van der Waals surface area (Å²) >= 11 is 0. The molecular weight excluding hydrogens is 194 g/mol. The van der Waals surface area contributed by atoms with Crippen LogP contribution in [0.2, 0.25) is 0 Å². The number of hydrogen-bond acceptors (Lipinski definition) is 1. The largest absolute Gasteiger partial charge is 0.321 e. The van der Waals surface area contributed by atoms with Gasteiger partial charge >= 0.3 is 0 Å². The van der Waals surface area contributed by atoms with E-state index >= 15 is 0 Å². The second-order valence-electron chi connectivity index (χ2n) is 5.59. The summed E-state index contributed by atoms with van der Waals surface area (Å²) in [7, 11) is 0. The lowest BCUT2D eigenvalue weighted by atomic mass is 9.92. The fraction of sp³-hybridized carbons (Fsp3) is 0.600. The maximum absolute atomic E-state index is 6.24. The Kier molecular flexibility index (Phi) is 3.07. The SMILES string of the molecule is CCc1cc(C2(N)CC2)ccc1CC(C)C. The Bertz CT molecular complexity index is 375. The smallest absolute Gasteiger partial charge is 0.0411 e. The standard InChI is InChI=1S/C15H23N/c1-4-12-10-14(15(16)7-8-15)6-5-13(12)9-11(2)3/h5-6,10-11H,4,7-9,16H2,1-3H3. The highest BCUT2D eigenvalue weighted by atomic mass is 14.8. The zero-order valence-electron chi connectivity index (χ0n) is 10.7. The van der Waals surface area contributed by atoms with Crippen molar-refractivity contribution in [3.05, 3.63) is 34.9 Å². The van der Waals surface area contributed by atoms with Crippen molar-refractivity contribution in [2.45, 2.75) is 52.0 Å². The monoisotopic (exact) mass is 217 g/mol. The van der Waals surface area contributed by atoms with Crippen molar-refractivity contribution in [3.8, 4) is 0 Å². The molecule has 16 heavy (non-hydrogen) atoms. The summed E-state index contributed by atoms with van der Waals surface area (Å²) in [6.07, 6.45) is 4.60. The first-order valence-corrected chi connectivity index (χ1v) is 6.46. The van der Waals surface area contributed by atoms with Crippen LogP contribution in [0.4, 0.5) is 0 Å². The number of hydrogen-bond donors (Lipinski definition) is 1. The minimum absolute atomic E-state index is 0.0142. The van der Waals surface area contributed by atoms with Crippen LogP contribution >= 0.6 is 0 Å². The van der Waals surface area contributed by atoms with Crippen LogP contribution < -0.4 is 5.73 Å². The number of benzene rings is 1. The quantitative estimate of drug-likeness (QED) is 0.822. The zero-order valence-corrected chi connectivity index (χ0v) is 10.7. The molecule has 1 saturated carbocycles. The molecule has 0 bridgehead atoms. The summed E-state index contributed by atoms with van der Waals surface area (Å²) in [6.45, 7) is 6.79. The Balaban J connectivity index is 2.28. The van der Waals surface area contributed by atoms with Gasteiger partial charge in [0, 0.05) is 5.54 Å². The van der Waals surface area contributed by atoms with Crippen LogP contribution in [0.15, 0.2) is 18.2 Å². The molecule has 1 aromatic rings. The van der Waals surface area contributed by atoms with E-state index in [4.69, 9.17) is 5.73 Å². The van der Waals surface area contributed by atoms with Crippen LogP contribution in [0.3, 0.4) is 0 Å². The van der Waals surface area contributed by atoms with Crippen LogP contribution in [0.5, 0.6) is 0 Å². The van der Waals surface area contributed by atoms with Crippen LogP contribution in [-0.4, -0.2) is 0 Å². The van der Waals surface area contributed by atoms with E-state index in [1.54, 1.807) is 0 Å². The molecule has 0 aromatic heterocycles. The van der Waals surface area contributed by atoms with Crippen molar-refractivity contribution in [1.29, 1.82) is 0 Å². The van der Waals surface area contributed by atoms with Gasteiger partial charge in [-0.15, -0.1) is 0 Å². The third-order valence-corrected chi connectivity index (χ3v) is 3.58. The van der Waals surface area contributed by atoms with Gasteiger partial charge in [-0.05, 0) is 48.3 Å². The van der Waals surface area contributed by atoms with Gasteiger partial charge in [-0.25, -0.2) is 0 Å². The Labute approximate surface area is 99.0 Å². The molecule has 0 radical (unpaired) electrons. The fourth-order valence-corrected chi connectivity index (χ4v) is 2.33. The molecule has 88 valence electrons. The molecular formula is C15H23N. The molecule has 0 unspecified atom stereocenters. The molecule has 1 aliphatic carbocycles. The molecule has 1 aromatic carbocycles. The topological polar surface area (TPSA) is 26.0 Å². The number of aryl methyl sites for hydroxylation is 1. The van der Waals surface area contributed by atoms with E-state index in [9.17, 15) is 0 Å².